The van der Waals surface area contributed by atoms with E-state index in [0.717, 1.165) is 22.3 Å². The molecule has 0 saturated heterocycles. The van der Waals surface area contributed by atoms with Gasteiger partial charge in [0.15, 0.2) is 0 Å². The maximum absolute atomic E-state index is 14.4. The maximum Gasteiger partial charge on any atom is 0.336 e. The number of carbonyl (C=O) groups is 1. The van der Waals surface area contributed by atoms with Gasteiger partial charge in [0.2, 0.25) is 5.91 Å². The van der Waals surface area contributed by atoms with Gasteiger partial charge >= 0.3 is 5.69 Å². The summed E-state index contributed by atoms with van der Waals surface area (Å²) in [7, 11) is 0. The Hall–Kier alpha value is -4.01. The zero-order chi connectivity index (χ0) is 22.1. The highest BCUT2D eigenvalue weighted by atomic mass is 19.1. The SMILES string of the molecule is Cc1ccc2c(c1)c(=O)n(-c1ccc(F)cc1F)c(=O)n2CC(=O)NCc1ccco1. The first-order chi connectivity index (χ1) is 14.8. The molecule has 0 bridgehead atoms. The number of hydrogen-bond acceptors (Lipinski definition) is 4. The summed E-state index contributed by atoms with van der Waals surface area (Å²) in [6.45, 7) is 1.46. The molecule has 2 aromatic carbocycles. The number of carbonyl (C=O) groups excluding carboxylic acids is 1. The van der Waals surface area contributed by atoms with Crippen LogP contribution in [0.25, 0.3) is 16.6 Å². The Morgan fingerprint density at radius 1 is 1.10 bits per heavy atom. The molecule has 0 saturated carbocycles. The van der Waals surface area contributed by atoms with Gasteiger partial charge in [-0.3, -0.25) is 14.2 Å². The molecule has 0 unspecified atom stereocenters. The fourth-order valence-corrected chi connectivity index (χ4v) is 3.31. The van der Waals surface area contributed by atoms with E-state index < -0.39 is 41.0 Å². The first kappa shape index (κ1) is 20.3. The molecule has 0 radical (unpaired) electrons. The van der Waals surface area contributed by atoms with E-state index in [-0.39, 0.29) is 17.4 Å². The monoisotopic (exact) mass is 425 g/mol. The molecule has 1 amide bonds. The molecule has 0 spiro atoms. The summed E-state index contributed by atoms with van der Waals surface area (Å²) >= 11 is 0. The molecule has 0 fully saturated rings. The molecule has 2 heterocycles. The van der Waals surface area contributed by atoms with Crippen LogP contribution in [0, 0.1) is 18.6 Å². The standard InChI is InChI=1S/C22H17F2N3O4/c1-13-4-6-18-16(9-13)21(29)27(19-7-5-14(23)10-17(19)24)22(30)26(18)12-20(28)25-11-15-3-2-8-31-15/h2-10H,11-12H2,1H3,(H,25,28). The van der Waals surface area contributed by atoms with Crippen LogP contribution in [0.5, 0.6) is 0 Å². The van der Waals surface area contributed by atoms with Crippen molar-refractivity contribution in [3.8, 4) is 5.69 Å². The van der Waals surface area contributed by atoms with Gasteiger partial charge in [-0.1, -0.05) is 11.6 Å². The van der Waals surface area contributed by atoms with Crippen molar-refractivity contribution in [3.63, 3.8) is 0 Å². The van der Waals surface area contributed by atoms with Gasteiger partial charge in [-0.25, -0.2) is 18.1 Å². The smallest absolute Gasteiger partial charge is 0.336 e. The Balaban J connectivity index is 1.85. The normalized spacial score (nSPS) is 11.1. The Morgan fingerprint density at radius 3 is 2.61 bits per heavy atom. The molecule has 1 N–H and O–H groups in total. The van der Waals surface area contributed by atoms with E-state index in [9.17, 15) is 23.2 Å². The highest BCUT2D eigenvalue weighted by Gasteiger charge is 2.19. The molecular formula is C22H17F2N3O4. The summed E-state index contributed by atoms with van der Waals surface area (Å²) in [6, 6.07) is 10.7. The number of rotatable bonds is 5. The van der Waals surface area contributed by atoms with Crippen LogP contribution < -0.4 is 16.6 Å². The Labute approximate surface area is 174 Å². The number of fused-ring (bicyclic) bond motifs is 1. The predicted molar refractivity (Wildman–Crippen MR) is 109 cm³/mol. The quantitative estimate of drug-likeness (QED) is 0.533. The van der Waals surface area contributed by atoms with Crippen LogP contribution in [-0.2, 0) is 17.9 Å². The Kier molecular flexibility index (Phi) is 5.24. The predicted octanol–water partition coefficient (Wildman–Crippen LogP) is 2.65. The molecule has 9 heteroatoms. The van der Waals surface area contributed by atoms with Crippen molar-refractivity contribution in [3.05, 3.63) is 98.6 Å². The lowest BCUT2D eigenvalue weighted by Gasteiger charge is -2.15. The average molecular weight is 425 g/mol. The van der Waals surface area contributed by atoms with Crippen LogP contribution in [-0.4, -0.2) is 15.0 Å². The summed E-state index contributed by atoms with van der Waals surface area (Å²) in [5.41, 5.74) is -1.11. The lowest BCUT2D eigenvalue weighted by Crippen LogP contribution is -2.42. The van der Waals surface area contributed by atoms with E-state index in [1.165, 1.54) is 6.26 Å². The van der Waals surface area contributed by atoms with Gasteiger partial charge in [0.1, 0.15) is 23.9 Å². The van der Waals surface area contributed by atoms with Gasteiger partial charge in [0, 0.05) is 6.07 Å². The Bertz CT molecular complexity index is 1410. The fraction of sp³-hybridized carbons (Fsp3) is 0.136. The summed E-state index contributed by atoms with van der Waals surface area (Å²) in [6.07, 6.45) is 1.47. The highest BCUT2D eigenvalue weighted by molar-refractivity contribution is 5.82. The van der Waals surface area contributed by atoms with Crippen molar-refractivity contribution in [1.82, 2.24) is 14.5 Å². The molecule has 2 aromatic heterocycles. The molecule has 0 aliphatic carbocycles. The maximum atomic E-state index is 14.4. The lowest BCUT2D eigenvalue weighted by molar-refractivity contribution is -0.121. The van der Waals surface area contributed by atoms with E-state index in [1.54, 1.807) is 37.3 Å². The van der Waals surface area contributed by atoms with E-state index in [2.05, 4.69) is 5.32 Å². The number of furan rings is 1. The minimum absolute atomic E-state index is 0.115. The van der Waals surface area contributed by atoms with Crippen molar-refractivity contribution in [2.45, 2.75) is 20.0 Å². The van der Waals surface area contributed by atoms with Crippen molar-refractivity contribution < 1.29 is 18.0 Å². The third-order valence-electron chi connectivity index (χ3n) is 4.79. The lowest BCUT2D eigenvalue weighted by atomic mass is 10.1. The van der Waals surface area contributed by atoms with Gasteiger partial charge in [-0.05, 0) is 43.3 Å². The second-order valence-corrected chi connectivity index (χ2v) is 6.98. The number of aryl methyl sites for hydroxylation is 1. The molecule has 0 aliphatic heterocycles. The molecule has 31 heavy (non-hydrogen) atoms. The van der Waals surface area contributed by atoms with Crippen LogP contribution >= 0.6 is 0 Å². The van der Waals surface area contributed by atoms with Crippen molar-refractivity contribution >= 4 is 16.8 Å². The summed E-state index contributed by atoms with van der Waals surface area (Å²) in [5.74, 6) is -1.90. The van der Waals surface area contributed by atoms with E-state index in [1.807, 2.05) is 0 Å². The molecular weight excluding hydrogens is 408 g/mol. The van der Waals surface area contributed by atoms with E-state index >= 15 is 0 Å². The molecule has 4 aromatic rings. The summed E-state index contributed by atoms with van der Waals surface area (Å²) in [4.78, 5) is 38.7. The number of nitrogens with one attached hydrogen (secondary N) is 1. The van der Waals surface area contributed by atoms with Gasteiger partial charge in [0.05, 0.1) is 29.4 Å². The number of benzene rings is 2. The number of hydrogen-bond donors (Lipinski definition) is 1. The van der Waals surface area contributed by atoms with Crippen LogP contribution in [0.4, 0.5) is 8.78 Å². The summed E-state index contributed by atoms with van der Waals surface area (Å²) < 4.78 is 34.6. The van der Waals surface area contributed by atoms with E-state index in [4.69, 9.17) is 4.42 Å². The van der Waals surface area contributed by atoms with Gasteiger partial charge in [-0.2, -0.15) is 0 Å². The number of amides is 1. The fourth-order valence-electron chi connectivity index (χ4n) is 3.31. The minimum atomic E-state index is -1.07. The number of aromatic nitrogens is 2. The third kappa shape index (κ3) is 3.89. The van der Waals surface area contributed by atoms with Gasteiger partial charge < -0.3 is 9.73 Å². The van der Waals surface area contributed by atoms with Crippen LogP contribution in [0.1, 0.15) is 11.3 Å². The third-order valence-corrected chi connectivity index (χ3v) is 4.79. The average Bonchev–Trinajstić information content (AvgIpc) is 3.25. The van der Waals surface area contributed by atoms with Crippen molar-refractivity contribution in [2.24, 2.45) is 0 Å². The highest BCUT2D eigenvalue weighted by Crippen LogP contribution is 2.15. The van der Waals surface area contributed by atoms with E-state index in [0.29, 0.717) is 16.4 Å². The first-order valence-electron chi connectivity index (χ1n) is 9.36. The second-order valence-electron chi connectivity index (χ2n) is 6.98. The van der Waals surface area contributed by atoms with Gasteiger partial charge in [-0.15, -0.1) is 0 Å². The zero-order valence-electron chi connectivity index (χ0n) is 16.4. The van der Waals surface area contributed by atoms with Gasteiger partial charge in [0.25, 0.3) is 5.56 Å². The van der Waals surface area contributed by atoms with Crippen LogP contribution in [0.15, 0.2) is 68.8 Å². The second kappa shape index (κ2) is 8.02. The Morgan fingerprint density at radius 2 is 1.90 bits per heavy atom. The van der Waals surface area contributed by atoms with Crippen molar-refractivity contribution in [2.75, 3.05) is 0 Å². The molecule has 158 valence electrons. The molecule has 4 rings (SSSR count). The zero-order valence-corrected chi connectivity index (χ0v) is 16.4. The van der Waals surface area contributed by atoms with Crippen molar-refractivity contribution in [1.29, 1.82) is 0 Å². The van der Waals surface area contributed by atoms with Crippen LogP contribution in [0.2, 0.25) is 0 Å². The number of nitrogens with zero attached hydrogens (tertiary/aromatic N) is 2. The molecule has 7 nitrogen and oxygen atoms in total. The molecule has 0 aliphatic rings. The number of halogens is 2. The molecule has 0 atom stereocenters. The first-order valence-corrected chi connectivity index (χ1v) is 9.36. The van der Waals surface area contributed by atoms with Crippen LogP contribution in [0.3, 0.4) is 0 Å². The summed E-state index contributed by atoms with van der Waals surface area (Å²) in [5, 5.41) is 2.75. The topological polar surface area (TPSA) is 86.2 Å². The largest absolute Gasteiger partial charge is 0.467 e. The minimum Gasteiger partial charge on any atom is -0.467 e.